The van der Waals surface area contributed by atoms with E-state index in [4.69, 9.17) is 0 Å². The van der Waals surface area contributed by atoms with E-state index in [1.54, 1.807) is 30.0 Å². The standard InChI is InChI=1S/C21H23FN2O2/c1-15(21(26)23-14-13-16-7-2-4-10-18(16)22)24-19-11-5-3-8-17(19)9-6-12-20(24)25/h2-5,7-8,10-11,15H,6,9,12-14H2,1H3,(H,23,26). The molecule has 0 aliphatic carbocycles. The van der Waals surface area contributed by atoms with Gasteiger partial charge >= 0.3 is 0 Å². The molecule has 0 bridgehead atoms. The Morgan fingerprint density at radius 2 is 1.88 bits per heavy atom. The zero-order valence-electron chi connectivity index (χ0n) is 14.9. The van der Waals surface area contributed by atoms with Crippen LogP contribution >= 0.6 is 0 Å². The van der Waals surface area contributed by atoms with Gasteiger partial charge in [0.1, 0.15) is 11.9 Å². The SMILES string of the molecule is CC(C(=O)NCCc1ccccc1F)N1C(=O)CCCc2ccccc21. The van der Waals surface area contributed by atoms with Gasteiger partial charge in [-0.3, -0.25) is 14.5 Å². The Balaban J connectivity index is 1.67. The molecule has 1 heterocycles. The Labute approximate surface area is 153 Å². The van der Waals surface area contributed by atoms with Crippen molar-refractivity contribution in [2.24, 2.45) is 0 Å². The number of para-hydroxylation sites is 1. The largest absolute Gasteiger partial charge is 0.354 e. The van der Waals surface area contributed by atoms with Crippen molar-refractivity contribution in [2.45, 2.75) is 38.6 Å². The summed E-state index contributed by atoms with van der Waals surface area (Å²) >= 11 is 0. The number of rotatable bonds is 5. The highest BCUT2D eigenvalue weighted by molar-refractivity contribution is 6.01. The van der Waals surface area contributed by atoms with Gasteiger partial charge < -0.3 is 5.32 Å². The highest BCUT2D eigenvalue weighted by atomic mass is 19.1. The Morgan fingerprint density at radius 3 is 2.69 bits per heavy atom. The van der Waals surface area contributed by atoms with Crippen LogP contribution in [0.3, 0.4) is 0 Å². The first-order valence-corrected chi connectivity index (χ1v) is 8.99. The number of carbonyl (C=O) groups excluding carboxylic acids is 2. The fourth-order valence-corrected chi connectivity index (χ4v) is 3.35. The van der Waals surface area contributed by atoms with Crippen molar-refractivity contribution in [3.63, 3.8) is 0 Å². The van der Waals surface area contributed by atoms with Gasteiger partial charge in [-0.05, 0) is 49.4 Å². The van der Waals surface area contributed by atoms with E-state index in [1.807, 2.05) is 24.3 Å². The van der Waals surface area contributed by atoms with Gasteiger partial charge in [0.2, 0.25) is 11.8 Å². The number of carbonyl (C=O) groups is 2. The van der Waals surface area contributed by atoms with E-state index in [0.717, 1.165) is 24.1 Å². The van der Waals surface area contributed by atoms with Crippen LogP contribution < -0.4 is 10.2 Å². The highest BCUT2D eigenvalue weighted by Gasteiger charge is 2.30. The molecule has 0 fully saturated rings. The first kappa shape index (κ1) is 18.1. The fourth-order valence-electron chi connectivity index (χ4n) is 3.35. The topological polar surface area (TPSA) is 49.4 Å². The van der Waals surface area contributed by atoms with Gasteiger partial charge in [0.05, 0.1) is 0 Å². The molecule has 2 amide bonds. The molecule has 0 saturated heterocycles. The number of halogens is 1. The molecule has 0 saturated carbocycles. The Morgan fingerprint density at radius 1 is 1.15 bits per heavy atom. The summed E-state index contributed by atoms with van der Waals surface area (Å²) in [5.74, 6) is -0.537. The van der Waals surface area contributed by atoms with E-state index < -0.39 is 6.04 Å². The van der Waals surface area contributed by atoms with E-state index in [9.17, 15) is 14.0 Å². The molecule has 1 aliphatic rings. The molecule has 26 heavy (non-hydrogen) atoms. The Bertz CT molecular complexity index is 806. The normalized spacial score (nSPS) is 15.2. The maximum absolute atomic E-state index is 13.7. The number of benzene rings is 2. The summed E-state index contributed by atoms with van der Waals surface area (Å²) in [6, 6.07) is 13.6. The van der Waals surface area contributed by atoms with Crippen LogP contribution in [0.2, 0.25) is 0 Å². The van der Waals surface area contributed by atoms with Crippen LogP contribution in [0.15, 0.2) is 48.5 Å². The number of hydrogen-bond acceptors (Lipinski definition) is 2. The Hall–Kier alpha value is -2.69. The third kappa shape index (κ3) is 3.93. The highest BCUT2D eigenvalue weighted by Crippen LogP contribution is 2.28. The third-order valence-corrected chi connectivity index (χ3v) is 4.77. The number of hydrogen-bond donors (Lipinski definition) is 1. The summed E-state index contributed by atoms with van der Waals surface area (Å²) in [7, 11) is 0. The molecular formula is C21H23FN2O2. The van der Waals surface area contributed by atoms with Crippen LogP contribution in [0, 0.1) is 5.82 Å². The molecule has 1 unspecified atom stereocenters. The maximum Gasteiger partial charge on any atom is 0.242 e. The van der Waals surface area contributed by atoms with Gasteiger partial charge in [-0.15, -0.1) is 0 Å². The molecule has 1 atom stereocenters. The minimum absolute atomic E-state index is 0.0355. The molecule has 1 aliphatic heterocycles. The lowest BCUT2D eigenvalue weighted by Crippen LogP contribution is -2.48. The number of nitrogens with one attached hydrogen (secondary N) is 1. The van der Waals surface area contributed by atoms with Crippen molar-refractivity contribution in [2.75, 3.05) is 11.4 Å². The van der Waals surface area contributed by atoms with E-state index in [-0.39, 0.29) is 17.6 Å². The second-order valence-electron chi connectivity index (χ2n) is 6.55. The summed E-state index contributed by atoms with van der Waals surface area (Å²) in [5, 5.41) is 2.83. The van der Waals surface area contributed by atoms with Crippen LogP contribution in [-0.4, -0.2) is 24.4 Å². The lowest BCUT2D eigenvalue weighted by Gasteiger charge is -2.28. The van der Waals surface area contributed by atoms with Gasteiger partial charge in [0.15, 0.2) is 0 Å². The van der Waals surface area contributed by atoms with E-state index in [0.29, 0.717) is 24.9 Å². The molecule has 0 spiro atoms. The van der Waals surface area contributed by atoms with Crippen molar-refractivity contribution in [1.82, 2.24) is 5.32 Å². The molecule has 136 valence electrons. The monoisotopic (exact) mass is 354 g/mol. The lowest BCUT2D eigenvalue weighted by molar-refractivity contribution is -0.126. The quantitative estimate of drug-likeness (QED) is 0.896. The maximum atomic E-state index is 13.7. The first-order chi connectivity index (χ1) is 12.6. The number of amides is 2. The zero-order chi connectivity index (χ0) is 18.5. The van der Waals surface area contributed by atoms with Gasteiger partial charge in [-0.2, -0.15) is 0 Å². The molecular weight excluding hydrogens is 331 g/mol. The van der Waals surface area contributed by atoms with Crippen LogP contribution in [0.5, 0.6) is 0 Å². The fraction of sp³-hybridized carbons (Fsp3) is 0.333. The average Bonchev–Trinajstić information content (AvgIpc) is 2.80. The number of nitrogens with zero attached hydrogens (tertiary/aromatic N) is 1. The van der Waals surface area contributed by atoms with E-state index in [1.165, 1.54) is 6.07 Å². The van der Waals surface area contributed by atoms with E-state index >= 15 is 0 Å². The van der Waals surface area contributed by atoms with Crippen molar-refractivity contribution < 1.29 is 14.0 Å². The summed E-state index contributed by atoms with van der Waals surface area (Å²) < 4.78 is 13.7. The molecule has 0 radical (unpaired) electrons. The molecule has 4 nitrogen and oxygen atoms in total. The second kappa shape index (κ2) is 8.13. The molecule has 5 heteroatoms. The van der Waals surface area contributed by atoms with Crippen LogP contribution in [0.4, 0.5) is 10.1 Å². The van der Waals surface area contributed by atoms with Crippen LogP contribution in [0.1, 0.15) is 30.9 Å². The summed E-state index contributed by atoms with van der Waals surface area (Å²) in [5.41, 5.74) is 2.47. The number of anilines is 1. The predicted molar refractivity (Wildman–Crippen MR) is 99.4 cm³/mol. The minimum atomic E-state index is -0.609. The molecule has 2 aromatic rings. The van der Waals surface area contributed by atoms with E-state index in [2.05, 4.69) is 5.32 Å². The number of aryl methyl sites for hydroxylation is 1. The average molecular weight is 354 g/mol. The number of fused-ring (bicyclic) bond motifs is 1. The van der Waals surface area contributed by atoms with Crippen molar-refractivity contribution in [3.05, 3.63) is 65.5 Å². The van der Waals surface area contributed by atoms with Crippen molar-refractivity contribution in [3.8, 4) is 0 Å². The predicted octanol–water partition coefficient (Wildman–Crippen LogP) is 3.24. The summed E-state index contributed by atoms with van der Waals surface area (Å²) in [6.45, 7) is 2.06. The van der Waals surface area contributed by atoms with Gasteiger partial charge in [0.25, 0.3) is 0 Å². The first-order valence-electron chi connectivity index (χ1n) is 8.99. The zero-order valence-corrected chi connectivity index (χ0v) is 14.9. The summed E-state index contributed by atoms with van der Waals surface area (Å²) in [4.78, 5) is 26.7. The van der Waals surface area contributed by atoms with Crippen LogP contribution in [0.25, 0.3) is 0 Å². The molecule has 1 N–H and O–H groups in total. The van der Waals surface area contributed by atoms with Crippen molar-refractivity contribution >= 4 is 17.5 Å². The molecule has 2 aromatic carbocycles. The minimum Gasteiger partial charge on any atom is -0.354 e. The van der Waals surface area contributed by atoms with Gasteiger partial charge in [-0.25, -0.2) is 4.39 Å². The summed E-state index contributed by atoms with van der Waals surface area (Å²) in [6.07, 6.45) is 2.46. The van der Waals surface area contributed by atoms with Gasteiger partial charge in [0, 0.05) is 18.7 Å². The van der Waals surface area contributed by atoms with Crippen molar-refractivity contribution in [1.29, 1.82) is 0 Å². The Kier molecular flexibility index (Phi) is 5.66. The second-order valence-corrected chi connectivity index (χ2v) is 6.55. The van der Waals surface area contributed by atoms with Crippen LogP contribution in [-0.2, 0) is 22.4 Å². The molecule has 3 rings (SSSR count). The smallest absolute Gasteiger partial charge is 0.242 e. The van der Waals surface area contributed by atoms with Gasteiger partial charge in [-0.1, -0.05) is 36.4 Å². The third-order valence-electron chi connectivity index (χ3n) is 4.77. The lowest BCUT2D eigenvalue weighted by atomic mass is 10.1. The molecule has 0 aromatic heterocycles.